The second-order valence-electron chi connectivity index (χ2n) is 8.06. The normalized spacial score (nSPS) is 11.0. The molecule has 1 heterocycles. The van der Waals surface area contributed by atoms with Crippen molar-refractivity contribution in [1.82, 2.24) is 9.97 Å². The number of hydrogen-bond acceptors (Lipinski definition) is 6. The van der Waals surface area contributed by atoms with Crippen molar-refractivity contribution in [2.45, 2.75) is 13.1 Å². The molecule has 0 atom stereocenters. The van der Waals surface area contributed by atoms with Crippen molar-refractivity contribution >= 4 is 40.5 Å². The van der Waals surface area contributed by atoms with Gasteiger partial charge >= 0.3 is 6.18 Å². The maximum absolute atomic E-state index is 13.0. The number of alkyl halides is 3. The third kappa shape index (κ3) is 6.40. The van der Waals surface area contributed by atoms with Gasteiger partial charge in [0.2, 0.25) is 5.95 Å². The van der Waals surface area contributed by atoms with Crippen molar-refractivity contribution < 1.29 is 22.8 Å². The number of nitrogens with zero attached hydrogens (tertiary/aromatic N) is 2. The third-order valence-corrected chi connectivity index (χ3v) is 5.24. The SMILES string of the molecule is Cc1ccc(NC(=O)c2cccc(C(F)(F)F)c2)cc1C(=O)Nc1cnc(Nc2cccc(N)c2)nc1. The molecule has 0 aliphatic carbocycles. The second-order valence-corrected chi connectivity index (χ2v) is 8.06. The van der Waals surface area contributed by atoms with Crippen molar-refractivity contribution in [2.24, 2.45) is 0 Å². The van der Waals surface area contributed by atoms with Crippen molar-refractivity contribution in [3.8, 4) is 0 Å². The smallest absolute Gasteiger partial charge is 0.399 e. The minimum Gasteiger partial charge on any atom is -0.399 e. The number of nitrogens with one attached hydrogen (secondary N) is 3. The number of halogens is 3. The summed E-state index contributed by atoms with van der Waals surface area (Å²) >= 11 is 0. The number of aromatic nitrogens is 2. The molecule has 0 bridgehead atoms. The zero-order valence-electron chi connectivity index (χ0n) is 19.4. The van der Waals surface area contributed by atoms with Crippen molar-refractivity contribution in [2.75, 3.05) is 21.7 Å². The standard InChI is InChI=1S/C26H21F3N6O2/c1-15-8-9-20(33-23(36)16-4-2-5-17(10-16)26(27,28)29)12-22(15)24(37)34-21-13-31-25(32-14-21)35-19-7-3-6-18(30)11-19/h2-14H,30H2,1H3,(H,33,36)(H,34,37)(H,31,32,35). The number of carbonyl (C=O) groups excluding carboxylic acids is 2. The molecule has 0 unspecified atom stereocenters. The van der Waals surface area contributed by atoms with Crippen LogP contribution in [0.25, 0.3) is 0 Å². The number of anilines is 5. The lowest BCUT2D eigenvalue weighted by Crippen LogP contribution is -2.16. The van der Waals surface area contributed by atoms with E-state index in [1.54, 1.807) is 43.3 Å². The Bertz CT molecular complexity index is 1460. The summed E-state index contributed by atoms with van der Waals surface area (Å²) in [5.74, 6) is -0.912. The van der Waals surface area contributed by atoms with Crippen LogP contribution in [0.4, 0.5) is 41.9 Å². The summed E-state index contributed by atoms with van der Waals surface area (Å²) in [5, 5.41) is 8.22. The molecule has 188 valence electrons. The molecule has 0 fully saturated rings. The van der Waals surface area contributed by atoms with Gasteiger partial charge < -0.3 is 21.7 Å². The lowest BCUT2D eigenvalue weighted by atomic mass is 10.1. The Balaban J connectivity index is 1.44. The van der Waals surface area contributed by atoms with Crippen molar-refractivity contribution in [3.05, 3.63) is 101 Å². The first-order valence-electron chi connectivity index (χ1n) is 10.9. The van der Waals surface area contributed by atoms with E-state index in [4.69, 9.17) is 5.73 Å². The molecule has 0 saturated carbocycles. The van der Waals surface area contributed by atoms with Crippen LogP contribution in [-0.2, 0) is 6.18 Å². The Morgan fingerprint density at radius 2 is 1.51 bits per heavy atom. The zero-order valence-corrected chi connectivity index (χ0v) is 19.4. The van der Waals surface area contributed by atoms with Gasteiger partial charge in [0.25, 0.3) is 11.8 Å². The number of aryl methyl sites for hydroxylation is 1. The molecule has 5 N–H and O–H groups in total. The molecule has 0 spiro atoms. The van der Waals surface area contributed by atoms with Gasteiger partial charge in [-0.3, -0.25) is 9.59 Å². The molecular formula is C26H21F3N6O2. The van der Waals surface area contributed by atoms with Gasteiger partial charge in [0.1, 0.15) is 0 Å². The van der Waals surface area contributed by atoms with E-state index in [-0.39, 0.29) is 16.8 Å². The van der Waals surface area contributed by atoms with Crippen molar-refractivity contribution in [3.63, 3.8) is 0 Å². The molecule has 3 aromatic carbocycles. The highest BCUT2D eigenvalue weighted by Crippen LogP contribution is 2.30. The first-order chi connectivity index (χ1) is 17.6. The van der Waals surface area contributed by atoms with Gasteiger partial charge in [-0.2, -0.15) is 13.2 Å². The molecule has 0 radical (unpaired) electrons. The minimum atomic E-state index is -4.57. The lowest BCUT2D eigenvalue weighted by molar-refractivity contribution is -0.137. The number of hydrogen-bond donors (Lipinski definition) is 4. The van der Waals surface area contributed by atoms with Gasteiger partial charge in [-0.05, 0) is 61.0 Å². The van der Waals surface area contributed by atoms with Crippen LogP contribution in [0, 0.1) is 6.92 Å². The Morgan fingerprint density at radius 3 is 2.22 bits per heavy atom. The maximum atomic E-state index is 13.0. The summed E-state index contributed by atoms with van der Waals surface area (Å²) < 4.78 is 38.9. The van der Waals surface area contributed by atoms with Crippen LogP contribution in [0.15, 0.2) is 79.1 Å². The van der Waals surface area contributed by atoms with Crippen LogP contribution >= 0.6 is 0 Å². The molecule has 0 aliphatic rings. The lowest BCUT2D eigenvalue weighted by Gasteiger charge is -2.12. The highest BCUT2D eigenvalue weighted by atomic mass is 19.4. The van der Waals surface area contributed by atoms with Gasteiger partial charge in [0.05, 0.1) is 23.6 Å². The van der Waals surface area contributed by atoms with E-state index in [1.807, 2.05) is 0 Å². The summed E-state index contributed by atoms with van der Waals surface area (Å²) in [6.07, 6.45) is -1.72. The monoisotopic (exact) mass is 506 g/mol. The fourth-order valence-corrected chi connectivity index (χ4v) is 3.39. The van der Waals surface area contributed by atoms with Crippen LogP contribution in [-0.4, -0.2) is 21.8 Å². The highest BCUT2D eigenvalue weighted by Gasteiger charge is 2.30. The van der Waals surface area contributed by atoms with Crippen LogP contribution < -0.4 is 21.7 Å². The molecule has 0 saturated heterocycles. The van der Waals surface area contributed by atoms with Crippen LogP contribution in [0.2, 0.25) is 0 Å². The molecule has 4 rings (SSSR count). The number of carbonyl (C=O) groups is 2. The number of nitrogens with two attached hydrogens (primary N) is 1. The van der Waals surface area contributed by atoms with E-state index in [0.29, 0.717) is 28.6 Å². The van der Waals surface area contributed by atoms with Crippen LogP contribution in [0.5, 0.6) is 0 Å². The summed E-state index contributed by atoms with van der Waals surface area (Å²) in [6, 6.07) is 15.7. The fourth-order valence-electron chi connectivity index (χ4n) is 3.39. The topological polar surface area (TPSA) is 122 Å². The van der Waals surface area contributed by atoms with Gasteiger partial charge in [-0.1, -0.05) is 18.2 Å². The minimum absolute atomic E-state index is 0.162. The van der Waals surface area contributed by atoms with Crippen LogP contribution in [0.1, 0.15) is 31.8 Å². The average molecular weight is 506 g/mol. The first kappa shape index (κ1) is 25.2. The number of rotatable bonds is 6. The predicted molar refractivity (Wildman–Crippen MR) is 135 cm³/mol. The molecule has 4 aromatic rings. The van der Waals surface area contributed by atoms with E-state index in [9.17, 15) is 22.8 Å². The Labute approximate surface area is 209 Å². The van der Waals surface area contributed by atoms with Gasteiger partial charge in [-0.25, -0.2) is 9.97 Å². The second kappa shape index (κ2) is 10.4. The summed E-state index contributed by atoms with van der Waals surface area (Å²) in [5.41, 5.74) is 7.40. The van der Waals surface area contributed by atoms with Gasteiger partial charge in [0.15, 0.2) is 0 Å². The number of benzene rings is 3. The van der Waals surface area contributed by atoms with E-state index in [1.165, 1.54) is 24.5 Å². The fraction of sp³-hybridized carbons (Fsp3) is 0.0769. The molecule has 2 amide bonds. The van der Waals surface area contributed by atoms with E-state index in [0.717, 1.165) is 18.2 Å². The quantitative estimate of drug-likeness (QED) is 0.251. The van der Waals surface area contributed by atoms with Crippen LogP contribution in [0.3, 0.4) is 0 Å². The molecule has 8 nitrogen and oxygen atoms in total. The van der Waals surface area contributed by atoms with Gasteiger partial charge in [0, 0.05) is 28.2 Å². The zero-order chi connectivity index (χ0) is 26.6. The average Bonchev–Trinajstić information content (AvgIpc) is 2.86. The van der Waals surface area contributed by atoms with Gasteiger partial charge in [-0.15, -0.1) is 0 Å². The maximum Gasteiger partial charge on any atom is 0.416 e. The van der Waals surface area contributed by atoms with Crippen molar-refractivity contribution in [1.29, 1.82) is 0 Å². The first-order valence-corrected chi connectivity index (χ1v) is 10.9. The summed E-state index contributed by atoms with van der Waals surface area (Å²) in [7, 11) is 0. The Kier molecular flexibility index (Phi) is 7.05. The molecule has 37 heavy (non-hydrogen) atoms. The highest BCUT2D eigenvalue weighted by molar-refractivity contribution is 6.08. The van der Waals surface area contributed by atoms with E-state index in [2.05, 4.69) is 25.9 Å². The number of amides is 2. The predicted octanol–water partition coefficient (Wildman–Crippen LogP) is 5.63. The Hall–Kier alpha value is -4.93. The number of nitrogen functional groups attached to an aromatic ring is 1. The largest absolute Gasteiger partial charge is 0.416 e. The van der Waals surface area contributed by atoms with E-state index >= 15 is 0 Å². The molecule has 1 aromatic heterocycles. The molecule has 0 aliphatic heterocycles. The summed E-state index contributed by atoms with van der Waals surface area (Å²) in [4.78, 5) is 33.7. The Morgan fingerprint density at radius 1 is 0.811 bits per heavy atom. The summed E-state index contributed by atoms with van der Waals surface area (Å²) in [6.45, 7) is 1.71. The third-order valence-electron chi connectivity index (χ3n) is 5.24. The van der Waals surface area contributed by atoms with E-state index < -0.39 is 23.6 Å². The molecule has 11 heteroatoms. The molecular weight excluding hydrogens is 485 g/mol.